The summed E-state index contributed by atoms with van der Waals surface area (Å²) < 4.78 is 24.6. The number of fused-ring (bicyclic) bond motifs is 1. The Labute approximate surface area is 99.5 Å². The normalized spacial score (nSPS) is 11.9. The van der Waals surface area contributed by atoms with Crippen LogP contribution in [0.1, 0.15) is 13.3 Å². The lowest BCUT2D eigenvalue weighted by Crippen LogP contribution is -2.17. The van der Waals surface area contributed by atoms with Crippen molar-refractivity contribution in [3.05, 3.63) is 24.4 Å². The first kappa shape index (κ1) is 11.9. The monoisotopic (exact) mass is 254 g/mol. The molecule has 0 aromatic carbocycles. The van der Waals surface area contributed by atoms with Crippen LogP contribution in [0.15, 0.2) is 29.4 Å². The number of primary sulfonamides is 1. The van der Waals surface area contributed by atoms with E-state index in [0.717, 1.165) is 6.42 Å². The summed E-state index contributed by atoms with van der Waals surface area (Å²) in [4.78, 5) is 4.21. The van der Waals surface area contributed by atoms with Gasteiger partial charge in [-0.3, -0.25) is 4.40 Å². The van der Waals surface area contributed by atoms with Crippen molar-refractivity contribution in [1.29, 1.82) is 0 Å². The Bertz CT molecular complexity index is 633. The highest BCUT2D eigenvalue weighted by molar-refractivity contribution is 7.89. The van der Waals surface area contributed by atoms with Crippen LogP contribution in [0, 0.1) is 0 Å². The summed E-state index contributed by atoms with van der Waals surface area (Å²) in [5.41, 5.74) is 0.551. The van der Waals surface area contributed by atoms with Crippen LogP contribution in [0.2, 0.25) is 0 Å². The molecular formula is C10H14N4O2S. The molecule has 0 saturated heterocycles. The van der Waals surface area contributed by atoms with Crippen molar-refractivity contribution in [2.45, 2.75) is 18.4 Å². The highest BCUT2D eigenvalue weighted by Crippen LogP contribution is 2.21. The fourth-order valence-corrected chi connectivity index (χ4v) is 2.42. The third-order valence-electron chi connectivity index (χ3n) is 2.30. The smallest absolute Gasteiger partial charge is 0.257 e. The minimum absolute atomic E-state index is 0.00144. The van der Waals surface area contributed by atoms with Crippen molar-refractivity contribution < 1.29 is 8.42 Å². The van der Waals surface area contributed by atoms with Gasteiger partial charge in [0.1, 0.15) is 5.65 Å². The van der Waals surface area contributed by atoms with Gasteiger partial charge >= 0.3 is 0 Å². The summed E-state index contributed by atoms with van der Waals surface area (Å²) >= 11 is 0. The van der Waals surface area contributed by atoms with Crippen molar-refractivity contribution in [3.8, 4) is 0 Å². The SMILES string of the molecule is CCCNc1nc2ccccn2c1S(N)(=O)=O. The number of aromatic nitrogens is 2. The van der Waals surface area contributed by atoms with Crippen LogP contribution < -0.4 is 10.5 Å². The van der Waals surface area contributed by atoms with Crippen molar-refractivity contribution >= 4 is 21.5 Å². The molecule has 92 valence electrons. The Morgan fingerprint density at radius 2 is 2.24 bits per heavy atom. The van der Waals surface area contributed by atoms with Gasteiger partial charge < -0.3 is 5.32 Å². The van der Waals surface area contributed by atoms with Crippen LogP contribution in [0.4, 0.5) is 5.82 Å². The molecule has 17 heavy (non-hydrogen) atoms. The second-order valence-electron chi connectivity index (χ2n) is 3.67. The lowest BCUT2D eigenvalue weighted by molar-refractivity contribution is 0.593. The van der Waals surface area contributed by atoms with Gasteiger partial charge in [-0.1, -0.05) is 13.0 Å². The third-order valence-corrected chi connectivity index (χ3v) is 3.23. The molecule has 2 aromatic rings. The van der Waals surface area contributed by atoms with Gasteiger partial charge in [-0.25, -0.2) is 18.5 Å². The zero-order valence-corrected chi connectivity index (χ0v) is 10.2. The maximum atomic E-state index is 11.6. The van der Waals surface area contributed by atoms with E-state index in [9.17, 15) is 8.42 Å². The average Bonchev–Trinajstić information content (AvgIpc) is 2.63. The van der Waals surface area contributed by atoms with Crippen molar-refractivity contribution in [2.75, 3.05) is 11.9 Å². The van der Waals surface area contributed by atoms with E-state index in [2.05, 4.69) is 10.3 Å². The number of nitrogens with two attached hydrogens (primary N) is 1. The number of rotatable bonds is 4. The van der Waals surface area contributed by atoms with E-state index >= 15 is 0 Å². The molecule has 0 aliphatic rings. The van der Waals surface area contributed by atoms with Crippen LogP contribution >= 0.6 is 0 Å². The Hall–Kier alpha value is -1.60. The maximum absolute atomic E-state index is 11.6. The lowest BCUT2D eigenvalue weighted by Gasteiger charge is -2.03. The van der Waals surface area contributed by atoms with Gasteiger partial charge in [-0.15, -0.1) is 0 Å². The second kappa shape index (κ2) is 4.34. The summed E-state index contributed by atoms with van der Waals surface area (Å²) in [6, 6.07) is 5.25. The van der Waals surface area contributed by atoms with Gasteiger partial charge in [0.2, 0.25) is 0 Å². The zero-order valence-electron chi connectivity index (χ0n) is 9.42. The Balaban J connectivity index is 2.66. The third kappa shape index (κ3) is 2.25. The average molecular weight is 254 g/mol. The minimum Gasteiger partial charge on any atom is -0.368 e. The highest BCUT2D eigenvalue weighted by atomic mass is 32.2. The van der Waals surface area contributed by atoms with E-state index in [1.165, 1.54) is 4.40 Å². The van der Waals surface area contributed by atoms with E-state index in [4.69, 9.17) is 5.14 Å². The largest absolute Gasteiger partial charge is 0.368 e. The van der Waals surface area contributed by atoms with Crippen LogP contribution in [0.5, 0.6) is 0 Å². The summed E-state index contributed by atoms with van der Waals surface area (Å²) in [6.07, 6.45) is 2.50. The minimum atomic E-state index is -3.81. The quantitative estimate of drug-likeness (QED) is 0.844. The summed E-state index contributed by atoms with van der Waals surface area (Å²) in [5, 5.41) is 8.18. The molecule has 2 heterocycles. The van der Waals surface area contributed by atoms with Crippen molar-refractivity contribution in [3.63, 3.8) is 0 Å². The Morgan fingerprint density at radius 3 is 2.88 bits per heavy atom. The first-order valence-electron chi connectivity index (χ1n) is 5.28. The van der Waals surface area contributed by atoms with E-state index < -0.39 is 10.0 Å². The van der Waals surface area contributed by atoms with E-state index in [0.29, 0.717) is 18.0 Å². The molecule has 0 amide bonds. The molecule has 6 nitrogen and oxygen atoms in total. The van der Waals surface area contributed by atoms with Gasteiger partial charge in [0, 0.05) is 12.7 Å². The van der Waals surface area contributed by atoms with Crippen molar-refractivity contribution in [1.82, 2.24) is 9.38 Å². The first-order chi connectivity index (χ1) is 8.04. The van der Waals surface area contributed by atoms with Gasteiger partial charge in [0.25, 0.3) is 10.0 Å². The number of hydrogen-bond acceptors (Lipinski definition) is 4. The maximum Gasteiger partial charge on any atom is 0.257 e. The lowest BCUT2D eigenvalue weighted by atomic mass is 10.5. The molecule has 0 radical (unpaired) electrons. The molecule has 0 aliphatic heterocycles. The molecule has 0 unspecified atom stereocenters. The Morgan fingerprint density at radius 1 is 1.47 bits per heavy atom. The molecule has 3 N–H and O–H groups in total. The number of imidazole rings is 1. The van der Waals surface area contributed by atoms with E-state index in [1.807, 2.05) is 6.92 Å². The number of anilines is 1. The van der Waals surface area contributed by atoms with Gasteiger partial charge in [0.15, 0.2) is 10.8 Å². The van der Waals surface area contributed by atoms with Crippen molar-refractivity contribution in [2.24, 2.45) is 5.14 Å². The molecular weight excluding hydrogens is 240 g/mol. The van der Waals surface area contributed by atoms with E-state index in [-0.39, 0.29) is 5.03 Å². The molecule has 0 spiro atoms. The van der Waals surface area contributed by atoms with E-state index in [1.54, 1.807) is 24.4 Å². The number of pyridine rings is 1. The zero-order chi connectivity index (χ0) is 12.5. The molecule has 0 bridgehead atoms. The molecule has 0 fully saturated rings. The van der Waals surface area contributed by atoms with Gasteiger partial charge in [-0.2, -0.15) is 0 Å². The molecule has 2 rings (SSSR count). The molecule has 0 atom stereocenters. The Kier molecular flexibility index (Phi) is 3.03. The van der Waals surface area contributed by atoms with Crippen LogP contribution in [-0.2, 0) is 10.0 Å². The van der Waals surface area contributed by atoms with Crippen LogP contribution in [0.3, 0.4) is 0 Å². The second-order valence-corrected chi connectivity index (χ2v) is 5.14. The standard InChI is InChI=1S/C10H14N4O2S/c1-2-6-12-9-10(17(11,15)16)14-7-4-3-5-8(14)13-9/h3-5,7,12H,2,6H2,1H3,(H2,11,15,16). The number of sulfonamides is 1. The number of hydrogen-bond donors (Lipinski definition) is 2. The fraction of sp³-hybridized carbons (Fsp3) is 0.300. The fourth-order valence-electron chi connectivity index (χ4n) is 1.60. The predicted octanol–water partition coefficient (Wildman–Crippen LogP) is 0.804. The molecule has 7 heteroatoms. The predicted molar refractivity (Wildman–Crippen MR) is 65.3 cm³/mol. The number of nitrogens with one attached hydrogen (secondary N) is 1. The summed E-state index contributed by atoms with van der Waals surface area (Å²) in [5.74, 6) is 0.306. The van der Waals surface area contributed by atoms with Gasteiger partial charge in [0.05, 0.1) is 0 Å². The molecule has 0 aliphatic carbocycles. The van der Waals surface area contributed by atoms with Crippen LogP contribution in [-0.4, -0.2) is 24.3 Å². The first-order valence-corrected chi connectivity index (χ1v) is 6.82. The summed E-state index contributed by atoms with van der Waals surface area (Å²) in [7, 11) is -3.81. The van der Waals surface area contributed by atoms with Crippen LogP contribution in [0.25, 0.3) is 5.65 Å². The molecule has 0 saturated carbocycles. The topological polar surface area (TPSA) is 89.5 Å². The number of nitrogens with zero attached hydrogens (tertiary/aromatic N) is 2. The molecule has 2 aromatic heterocycles. The highest BCUT2D eigenvalue weighted by Gasteiger charge is 2.21. The van der Waals surface area contributed by atoms with Gasteiger partial charge in [-0.05, 0) is 18.6 Å². The summed E-state index contributed by atoms with van der Waals surface area (Å²) in [6.45, 7) is 2.63.